The van der Waals surface area contributed by atoms with E-state index in [0.29, 0.717) is 10.3 Å². The van der Waals surface area contributed by atoms with Crippen molar-refractivity contribution in [3.8, 4) is 0 Å². The summed E-state index contributed by atoms with van der Waals surface area (Å²) in [6.45, 7) is 2.67. The van der Waals surface area contributed by atoms with Crippen LogP contribution in [0.25, 0.3) is 0 Å². The molecule has 1 saturated carbocycles. The minimum Gasteiger partial charge on any atom is -0.351 e. The molecule has 0 unspecified atom stereocenters. The van der Waals surface area contributed by atoms with Gasteiger partial charge in [0.25, 0.3) is 5.91 Å². The van der Waals surface area contributed by atoms with Gasteiger partial charge in [-0.1, -0.05) is 0 Å². The van der Waals surface area contributed by atoms with E-state index in [1.165, 1.54) is 12.8 Å². The predicted octanol–water partition coefficient (Wildman–Crippen LogP) is 1.91. The molecule has 0 radical (unpaired) electrons. The minimum atomic E-state index is -0.00334. The van der Waals surface area contributed by atoms with Crippen LogP contribution in [0.4, 0.5) is 5.69 Å². The first-order valence-electron chi connectivity index (χ1n) is 6.01. The average molecular weight is 265 g/mol. The maximum Gasteiger partial charge on any atom is 0.251 e. The third kappa shape index (κ3) is 2.79. The van der Waals surface area contributed by atoms with Gasteiger partial charge < -0.3 is 10.7 Å². The standard InChI is InChI=1S/C13H19N3OS/c1-9-7-10(16-14)3-4-11(9)12(17)15-8-13(18-2)5-6-13/h3-4,7,16H,5-6,8,14H2,1-2H3,(H,15,17). The van der Waals surface area contributed by atoms with Gasteiger partial charge in [0, 0.05) is 22.5 Å². The number of nitrogens with two attached hydrogens (primary N) is 1. The average Bonchev–Trinajstić information content (AvgIpc) is 3.16. The molecule has 5 heteroatoms. The van der Waals surface area contributed by atoms with Gasteiger partial charge in [0.2, 0.25) is 0 Å². The Morgan fingerprint density at radius 2 is 2.22 bits per heavy atom. The maximum absolute atomic E-state index is 12.1. The topological polar surface area (TPSA) is 67.2 Å². The van der Waals surface area contributed by atoms with Crippen LogP contribution in [0.3, 0.4) is 0 Å². The number of thioether (sulfide) groups is 1. The van der Waals surface area contributed by atoms with E-state index in [-0.39, 0.29) is 5.91 Å². The Labute approximate surface area is 112 Å². The van der Waals surface area contributed by atoms with Crippen molar-refractivity contribution in [3.63, 3.8) is 0 Å². The lowest BCUT2D eigenvalue weighted by molar-refractivity contribution is 0.0952. The first-order chi connectivity index (χ1) is 8.60. The van der Waals surface area contributed by atoms with Crippen LogP contribution in [0.15, 0.2) is 18.2 Å². The van der Waals surface area contributed by atoms with E-state index in [1.54, 1.807) is 6.07 Å². The van der Waals surface area contributed by atoms with Crippen LogP contribution in [0.5, 0.6) is 0 Å². The number of aryl methyl sites for hydroxylation is 1. The van der Waals surface area contributed by atoms with Crippen molar-refractivity contribution in [2.45, 2.75) is 24.5 Å². The van der Waals surface area contributed by atoms with Crippen LogP contribution in [-0.2, 0) is 0 Å². The molecule has 1 fully saturated rings. The number of hydrazine groups is 1. The molecule has 0 atom stereocenters. The number of amides is 1. The van der Waals surface area contributed by atoms with E-state index in [1.807, 2.05) is 30.8 Å². The van der Waals surface area contributed by atoms with Crippen molar-refractivity contribution in [2.24, 2.45) is 5.84 Å². The Morgan fingerprint density at radius 3 is 2.72 bits per heavy atom. The molecule has 1 aliphatic carbocycles. The molecule has 98 valence electrons. The Hall–Kier alpha value is -1.20. The minimum absolute atomic E-state index is 0.00334. The molecule has 18 heavy (non-hydrogen) atoms. The number of carbonyl (C=O) groups is 1. The van der Waals surface area contributed by atoms with E-state index >= 15 is 0 Å². The fourth-order valence-corrected chi connectivity index (χ4v) is 2.66. The van der Waals surface area contributed by atoms with E-state index < -0.39 is 0 Å². The van der Waals surface area contributed by atoms with Crippen molar-refractivity contribution in [1.29, 1.82) is 0 Å². The summed E-state index contributed by atoms with van der Waals surface area (Å²) in [6.07, 6.45) is 4.50. The van der Waals surface area contributed by atoms with Crippen LogP contribution in [0, 0.1) is 6.92 Å². The molecule has 0 bridgehead atoms. The van der Waals surface area contributed by atoms with Gasteiger partial charge in [0.15, 0.2) is 0 Å². The number of anilines is 1. The van der Waals surface area contributed by atoms with Crippen LogP contribution >= 0.6 is 11.8 Å². The molecule has 0 saturated heterocycles. The molecule has 1 aromatic carbocycles. The normalized spacial score (nSPS) is 16.2. The molecule has 0 aliphatic heterocycles. The van der Waals surface area contributed by atoms with Crippen molar-refractivity contribution < 1.29 is 4.79 Å². The summed E-state index contributed by atoms with van der Waals surface area (Å²) in [6, 6.07) is 5.48. The van der Waals surface area contributed by atoms with E-state index in [2.05, 4.69) is 17.0 Å². The van der Waals surface area contributed by atoms with Crippen molar-refractivity contribution in [2.75, 3.05) is 18.2 Å². The number of carbonyl (C=O) groups excluding carboxylic acids is 1. The number of hydrogen-bond acceptors (Lipinski definition) is 4. The quantitative estimate of drug-likeness (QED) is 0.562. The highest BCUT2D eigenvalue weighted by molar-refractivity contribution is 8.00. The molecule has 0 spiro atoms. The first-order valence-corrected chi connectivity index (χ1v) is 7.23. The van der Waals surface area contributed by atoms with Gasteiger partial charge in [0.05, 0.1) is 0 Å². The molecule has 1 aliphatic rings. The van der Waals surface area contributed by atoms with E-state index in [0.717, 1.165) is 17.8 Å². The maximum atomic E-state index is 12.1. The molecule has 1 amide bonds. The summed E-state index contributed by atoms with van der Waals surface area (Å²) in [5.41, 5.74) is 5.03. The summed E-state index contributed by atoms with van der Waals surface area (Å²) in [4.78, 5) is 12.1. The van der Waals surface area contributed by atoms with Gasteiger partial charge in [-0.15, -0.1) is 0 Å². The molecule has 2 rings (SSSR count). The summed E-state index contributed by atoms with van der Waals surface area (Å²) in [7, 11) is 0. The van der Waals surface area contributed by atoms with Crippen LogP contribution in [0.2, 0.25) is 0 Å². The van der Waals surface area contributed by atoms with Gasteiger partial charge >= 0.3 is 0 Å². The zero-order valence-corrected chi connectivity index (χ0v) is 11.6. The largest absolute Gasteiger partial charge is 0.351 e. The van der Waals surface area contributed by atoms with Crippen LogP contribution < -0.4 is 16.6 Å². The zero-order chi connectivity index (χ0) is 13.2. The summed E-state index contributed by atoms with van der Waals surface area (Å²) in [5, 5.41) is 3.02. The lowest BCUT2D eigenvalue weighted by Gasteiger charge is -2.14. The lowest BCUT2D eigenvalue weighted by Crippen LogP contribution is -2.32. The second-order valence-electron chi connectivity index (χ2n) is 4.74. The molecular formula is C13H19N3OS. The third-order valence-corrected chi connectivity index (χ3v) is 4.87. The Balaban J connectivity index is 2.00. The zero-order valence-electron chi connectivity index (χ0n) is 10.7. The van der Waals surface area contributed by atoms with Crippen LogP contribution in [-0.4, -0.2) is 23.5 Å². The lowest BCUT2D eigenvalue weighted by atomic mass is 10.1. The number of benzene rings is 1. The number of hydrogen-bond donors (Lipinski definition) is 3. The monoisotopic (exact) mass is 265 g/mol. The Kier molecular flexibility index (Phi) is 3.82. The second-order valence-corrected chi connectivity index (χ2v) is 6.02. The summed E-state index contributed by atoms with van der Waals surface area (Å²) >= 11 is 1.84. The van der Waals surface area contributed by atoms with Gasteiger partial charge in [-0.05, 0) is 49.8 Å². The highest BCUT2D eigenvalue weighted by Gasteiger charge is 2.41. The van der Waals surface area contributed by atoms with Crippen molar-refractivity contribution in [1.82, 2.24) is 5.32 Å². The summed E-state index contributed by atoms with van der Waals surface area (Å²) in [5.74, 6) is 5.33. The van der Waals surface area contributed by atoms with Gasteiger partial charge in [-0.2, -0.15) is 11.8 Å². The SMILES string of the molecule is CSC1(CNC(=O)c2ccc(NN)cc2C)CC1. The highest BCUT2D eigenvalue weighted by atomic mass is 32.2. The molecule has 0 aromatic heterocycles. The predicted molar refractivity (Wildman–Crippen MR) is 76.8 cm³/mol. The number of nitrogens with one attached hydrogen (secondary N) is 2. The van der Waals surface area contributed by atoms with Gasteiger partial charge in [-0.3, -0.25) is 10.6 Å². The van der Waals surface area contributed by atoms with Crippen molar-refractivity contribution in [3.05, 3.63) is 29.3 Å². The summed E-state index contributed by atoms with van der Waals surface area (Å²) < 4.78 is 0.294. The fourth-order valence-electron chi connectivity index (χ4n) is 1.94. The molecule has 1 aromatic rings. The van der Waals surface area contributed by atoms with Crippen molar-refractivity contribution >= 4 is 23.4 Å². The molecule has 4 N–H and O–H groups in total. The Morgan fingerprint density at radius 1 is 1.50 bits per heavy atom. The van der Waals surface area contributed by atoms with E-state index in [4.69, 9.17) is 5.84 Å². The smallest absolute Gasteiger partial charge is 0.251 e. The molecule has 4 nitrogen and oxygen atoms in total. The van der Waals surface area contributed by atoms with Gasteiger partial charge in [0.1, 0.15) is 0 Å². The number of nitrogen functional groups attached to an aromatic ring is 1. The third-order valence-electron chi connectivity index (χ3n) is 3.45. The van der Waals surface area contributed by atoms with E-state index in [9.17, 15) is 4.79 Å². The Bertz CT molecular complexity index is 458. The molecular weight excluding hydrogens is 246 g/mol. The molecule has 0 heterocycles. The van der Waals surface area contributed by atoms with Crippen LogP contribution in [0.1, 0.15) is 28.8 Å². The first kappa shape index (κ1) is 13.2. The number of rotatable bonds is 5. The van der Waals surface area contributed by atoms with Gasteiger partial charge in [-0.25, -0.2) is 0 Å². The second kappa shape index (κ2) is 5.20. The fraction of sp³-hybridized carbons (Fsp3) is 0.462. The highest BCUT2D eigenvalue weighted by Crippen LogP contribution is 2.46.